The van der Waals surface area contributed by atoms with E-state index in [0.29, 0.717) is 17.8 Å². The lowest BCUT2D eigenvalue weighted by Gasteiger charge is -2.25. The number of nitrogens with zero attached hydrogens (tertiary/aromatic N) is 2. The fourth-order valence-corrected chi connectivity index (χ4v) is 3.81. The highest BCUT2D eigenvalue weighted by molar-refractivity contribution is 6.11. The van der Waals surface area contributed by atoms with Gasteiger partial charge >= 0.3 is 0 Å². The van der Waals surface area contributed by atoms with Crippen molar-refractivity contribution in [1.82, 2.24) is 10.3 Å². The van der Waals surface area contributed by atoms with Gasteiger partial charge in [0.15, 0.2) is 0 Å². The number of nitrogens with one attached hydrogen (secondary N) is 1. The quantitative estimate of drug-likeness (QED) is 0.682. The Hall–Kier alpha value is -3.67. The summed E-state index contributed by atoms with van der Waals surface area (Å²) < 4.78 is 5.34. The van der Waals surface area contributed by atoms with E-state index in [1.807, 2.05) is 55.5 Å². The Morgan fingerprint density at radius 3 is 2.77 bits per heavy atom. The zero-order chi connectivity index (χ0) is 21.1. The van der Waals surface area contributed by atoms with Gasteiger partial charge in [-0.3, -0.25) is 19.5 Å². The molecule has 2 aromatic carbocycles. The maximum absolute atomic E-state index is 13.1. The van der Waals surface area contributed by atoms with Gasteiger partial charge < -0.3 is 10.1 Å². The van der Waals surface area contributed by atoms with Gasteiger partial charge in [-0.2, -0.15) is 0 Å². The average molecular weight is 401 g/mol. The zero-order valence-corrected chi connectivity index (χ0v) is 17.0. The van der Waals surface area contributed by atoms with E-state index in [2.05, 4.69) is 10.3 Å². The van der Waals surface area contributed by atoms with Gasteiger partial charge in [-0.25, -0.2) is 0 Å². The molecular weight excluding hydrogens is 378 g/mol. The Balaban J connectivity index is 1.57. The molecule has 1 N–H and O–H groups in total. The number of pyridine rings is 1. The number of methoxy groups -OCH3 is 1. The molecule has 0 saturated heterocycles. The summed E-state index contributed by atoms with van der Waals surface area (Å²) in [6.07, 6.45) is 1.78. The molecule has 2 heterocycles. The largest absolute Gasteiger partial charge is 0.496 e. The van der Waals surface area contributed by atoms with Crippen LogP contribution in [-0.2, 0) is 11.3 Å². The zero-order valence-electron chi connectivity index (χ0n) is 17.0. The Labute approximate surface area is 175 Å². The number of para-hydroxylation sites is 1. The normalized spacial score (nSPS) is 15.1. The second kappa shape index (κ2) is 8.37. The van der Waals surface area contributed by atoms with Crippen LogP contribution in [0.15, 0.2) is 66.9 Å². The number of hydrogen-bond acceptors (Lipinski definition) is 4. The fraction of sp³-hybridized carbons (Fsp3) is 0.208. The lowest BCUT2D eigenvalue weighted by atomic mass is 10.1. The lowest BCUT2D eigenvalue weighted by Crippen LogP contribution is -2.33. The van der Waals surface area contributed by atoms with Crippen molar-refractivity contribution < 1.29 is 14.3 Å². The minimum Gasteiger partial charge on any atom is -0.496 e. The molecule has 1 atom stereocenters. The summed E-state index contributed by atoms with van der Waals surface area (Å²) in [6, 6.07) is 18.3. The number of aryl methyl sites for hydroxylation is 1. The predicted molar refractivity (Wildman–Crippen MR) is 114 cm³/mol. The molecule has 0 spiro atoms. The summed E-state index contributed by atoms with van der Waals surface area (Å²) in [4.78, 5) is 32.0. The van der Waals surface area contributed by atoms with Crippen molar-refractivity contribution >= 4 is 17.5 Å². The van der Waals surface area contributed by atoms with Gasteiger partial charge in [0.05, 0.1) is 30.8 Å². The van der Waals surface area contributed by atoms with Crippen molar-refractivity contribution in [2.24, 2.45) is 0 Å². The number of fused-ring (bicyclic) bond motifs is 1. The van der Waals surface area contributed by atoms with Crippen LogP contribution in [0.5, 0.6) is 5.75 Å². The molecule has 0 bridgehead atoms. The Morgan fingerprint density at radius 2 is 1.97 bits per heavy atom. The van der Waals surface area contributed by atoms with Gasteiger partial charge in [0, 0.05) is 24.0 Å². The minimum atomic E-state index is -0.451. The van der Waals surface area contributed by atoms with Crippen molar-refractivity contribution in [3.8, 4) is 5.75 Å². The molecule has 2 amide bonds. The molecule has 152 valence electrons. The number of aromatic nitrogens is 1. The number of benzene rings is 2. The van der Waals surface area contributed by atoms with E-state index in [1.54, 1.807) is 30.3 Å². The molecule has 0 fully saturated rings. The van der Waals surface area contributed by atoms with Crippen LogP contribution < -0.4 is 15.0 Å². The highest BCUT2D eigenvalue weighted by Crippen LogP contribution is 2.38. The minimum absolute atomic E-state index is 0.124. The van der Waals surface area contributed by atoms with Crippen molar-refractivity contribution in [1.29, 1.82) is 0 Å². The van der Waals surface area contributed by atoms with Gasteiger partial charge in [0.25, 0.3) is 5.91 Å². The summed E-state index contributed by atoms with van der Waals surface area (Å²) in [5, 5.41) is 2.94. The van der Waals surface area contributed by atoms with E-state index in [0.717, 1.165) is 22.6 Å². The average Bonchev–Trinajstić information content (AvgIpc) is 3.04. The summed E-state index contributed by atoms with van der Waals surface area (Å²) in [5.41, 5.74) is 3.88. The van der Waals surface area contributed by atoms with Crippen molar-refractivity contribution in [2.45, 2.75) is 25.9 Å². The maximum atomic E-state index is 13.1. The highest BCUT2D eigenvalue weighted by atomic mass is 16.5. The highest BCUT2D eigenvalue weighted by Gasteiger charge is 2.39. The van der Waals surface area contributed by atoms with Gasteiger partial charge in [0.1, 0.15) is 5.75 Å². The van der Waals surface area contributed by atoms with Crippen LogP contribution in [0.1, 0.15) is 39.6 Å². The number of ether oxygens (including phenoxy) is 1. The number of hydrogen-bond donors (Lipinski definition) is 1. The third kappa shape index (κ3) is 3.76. The van der Waals surface area contributed by atoms with Gasteiger partial charge in [0.2, 0.25) is 5.91 Å². The third-order valence-electron chi connectivity index (χ3n) is 5.24. The van der Waals surface area contributed by atoms with Crippen LogP contribution in [0.2, 0.25) is 0 Å². The fourth-order valence-electron chi connectivity index (χ4n) is 3.81. The van der Waals surface area contributed by atoms with Crippen LogP contribution in [-0.4, -0.2) is 23.9 Å². The summed E-state index contributed by atoms with van der Waals surface area (Å²) in [5.74, 6) is 0.434. The molecule has 6 nitrogen and oxygen atoms in total. The van der Waals surface area contributed by atoms with E-state index < -0.39 is 6.04 Å². The van der Waals surface area contributed by atoms with Crippen LogP contribution in [0.25, 0.3) is 0 Å². The molecule has 0 saturated carbocycles. The van der Waals surface area contributed by atoms with Crippen molar-refractivity contribution in [2.75, 3.05) is 12.0 Å². The summed E-state index contributed by atoms with van der Waals surface area (Å²) in [6.45, 7) is 2.33. The molecule has 1 unspecified atom stereocenters. The topological polar surface area (TPSA) is 71.5 Å². The molecule has 30 heavy (non-hydrogen) atoms. The molecule has 1 aliphatic rings. The first-order valence-corrected chi connectivity index (χ1v) is 9.82. The van der Waals surface area contributed by atoms with E-state index in [1.165, 1.54) is 0 Å². The predicted octanol–water partition coefficient (Wildman–Crippen LogP) is 3.81. The molecule has 0 radical (unpaired) electrons. The molecule has 0 aliphatic carbocycles. The first-order valence-electron chi connectivity index (χ1n) is 9.82. The Kier molecular flexibility index (Phi) is 5.48. The number of carbonyl (C=O) groups excluding carboxylic acids is 2. The molecule has 6 heteroatoms. The first-order chi connectivity index (χ1) is 14.6. The smallest absolute Gasteiger partial charge is 0.260 e. The number of rotatable bonds is 6. The van der Waals surface area contributed by atoms with Gasteiger partial charge in [-0.05, 0) is 42.8 Å². The number of amides is 2. The molecule has 3 aromatic rings. The van der Waals surface area contributed by atoms with Crippen molar-refractivity contribution in [3.05, 3.63) is 89.2 Å². The second-order valence-electron chi connectivity index (χ2n) is 7.26. The third-order valence-corrected chi connectivity index (χ3v) is 5.24. The molecule has 1 aliphatic heterocycles. The van der Waals surface area contributed by atoms with E-state index >= 15 is 0 Å². The molecular formula is C24H23N3O3. The SMILES string of the molecule is COc1ccccc1CNC(=O)CC1c2ncccc2C(=O)N1c1cccc(C)c1. The van der Waals surface area contributed by atoms with Crippen LogP contribution in [0.3, 0.4) is 0 Å². The monoisotopic (exact) mass is 401 g/mol. The summed E-state index contributed by atoms with van der Waals surface area (Å²) >= 11 is 0. The summed E-state index contributed by atoms with van der Waals surface area (Å²) in [7, 11) is 1.60. The Bertz CT molecular complexity index is 1100. The van der Waals surface area contributed by atoms with Gasteiger partial charge in [-0.15, -0.1) is 0 Å². The van der Waals surface area contributed by atoms with E-state index in [-0.39, 0.29) is 18.2 Å². The lowest BCUT2D eigenvalue weighted by molar-refractivity contribution is -0.121. The Morgan fingerprint density at radius 1 is 1.13 bits per heavy atom. The van der Waals surface area contributed by atoms with E-state index in [4.69, 9.17) is 4.74 Å². The maximum Gasteiger partial charge on any atom is 0.260 e. The standard InChI is InChI=1S/C24H23N3O3/c1-16-7-5-9-18(13-16)27-20(23-19(24(27)29)10-6-12-25-23)14-22(28)26-15-17-8-3-4-11-21(17)30-2/h3-13,20H,14-15H2,1-2H3,(H,26,28). The number of carbonyl (C=O) groups is 2. The number of anilines is 1. The van der Waals surface area contributed by atoms with Crippen LogP contribution >= 0.6 is 0 Å². The molecule has 4 rings (SSSR count). The first kappa shape index (κ1) is 19.6. The van der Waals surface area contributed by atoms with Crippen molar-refractivity contribution in [3.63, 3.8) is 0 Å². The van der Waals surface area contributed by atoms with Crippen LogP contribution in [0, 0.1) is 6.92 Å². The van der Waals surface area contributed by atoms with E-state index in [9.17, 15) is 9.59 Å². The van der Waals surface area contributed by atoms with Crippen LogP contribution in [0.4, 0.5) is 5.69 Å². The molecule has 1 aromatic heterocycles. The second-order valence-corrected chi connectivity index (χ2v) is 7.26. The van der Waals surface area contributed by atoms with Gasteiger partial charge in [-0.1, -0.05) is 30.3 Å².